The Kier molecular flexibility index (Phi) is 3.76. The molecule has 1 unspecified atom stereocenters. The molecule has 126 valence electrons. The van der Waals surface area contributed by atoms with Crippen molar-refractivity contribution < 1.29 is 9.53 Å². The summed E-state index contributed by atoms with van der Waals surface area (Å²) >= 11 is 0. The van der Waals surface area contributed by atoms with Gasteiger partial charge in [0.1, 0.15) is 6.04 Å². The van der Waals surface area contributed by atoms with E-state index in [-0.39, 0.29) is 5.97 Å². The summed E-state index contributed by atoms with van der Waals surface area (Å²) in [4.78, 5) is 16.9. The monoisotopic (exact) mass is 333 g/mol. The number of fused-ring (bicyclic) bond motifs is 3. The van der Waals surface area contributed by atoms with Crippen LogP contribution in [0.15, 0.2) is 60.8 Å². The molecule has 0 aliphatic heterocycles. The van der Waals surface area contributed by atoms with Crippen molar-refractivity contribution in [2.24, 2.45) is 0 Å². The van der Waals surface area contributed by atoms with E-state index in [1.165, 1.54) is 0 Å². The zero-order valence-electron chi connectivity index (χ0n) is 14.2. The highest BCUT2D eigenvalue weighted by atomic mass is 16.5. The Morgan fingerprint density at radius 1 is 1.08 bits per heavy atom. The molecule has 4 aromatic rings. The summed E-state index contributed by atoms with van der Waals surface area (Å²) in [6.07, 6.45) is 1.85. The number of hydrogen-bond donors (Lipinski definition) is 0. The van der Waals surface area contributed by atoms with E-state index in [1.807, 2.05) is 67.1 Å². The van der Waals surface area contributed by atoms with Gasteiger partial charge in [0.05, 0.1) is 29.5 Å². The number of hydrogen-bond acceptors (Lipinski definition) is 3. The van der Waals surface area contributed by atoms with Gasteiger partial charge in [0, 0.05) is 5.56 Å². The fraction of sp³-hybridized carbons (Fsp3) is 0.200. The number of para-hydroxylation sites is 2. The van der Waals surface area contributed by atoms with Gasteiger partial charge in [-0.1, -0.05) is 42.5 Å². The molecular formula is C20H19N3O2. The molecular weight excluding hydrogens is 314 g/mol. The molecule has 0 spiro atoms. The average Bonchev–Trinajstić information content (AvgIpc) is 3.20. The first-order valence-corrected chi connectivity index (χ1v) is 8.40. The van der Waals surface area contributed by atoms with E-state index in [4.69, 9.17) is 4.74 Å². The molecule has 0 N–H and O–H groups in total. The maximum Gasteiger partial charge on any atom is 0.328 e. The second kappa shape index (κ2) is 6.09. The molecule has 2 aromatic carbocycles. The fourth-order valence-corrected chi connectivity index (χ4v) is 3.28. The summed E-state index contributed by atoms with van der Waals surface area (Å²) in [5, 5.41) is 0. The highest BCUT2D eigenvalue weighted by Crippen LogP contribution is 2.30. The molecule has 2 aromatic heterocycles. The van der Waals surface area contributed by atoms with Gasteiger partial charge >= 0.3 is 5.97 Å². The lowest BCUT2D eigenvalue weighted by molar-refractivity contribution is -0.146. The highest BCUT2D eigenvalue weighted by Gasteiger charge is 2.24. The second-order valence-corrected chi connectivity index (χ2v) is 5.93. The molecule has 5 heteroatoms. The summed E-state index contributed by atoms with van der Waals surface area (Å²) < 4.78 is 9.26. The van der Waals surface area contributed by atoms with Gasteiger partial charge in [0.15, 0.2) is 0 Å². The fourth-order valence-electron chi connectivity index (χ4n) is 3.28. The Balaban J connectivity index is 2.00. The Hall–Kier alpha value is -3.08. The van der Waals surface area contributed by atoms with Crippen LogP contribution >= 0.6 is 0 Å². The maximum atomic E-state index is 12.3. The van der Waals surface area contributed by atoms with E-state index in [0.29, 0.717) is 6.61 Å². The number of esters is 1. The largest absolute Gasteiger partial charge is 0.464 e. The van der Waals surface area contributed by atoms with Crippen LogP contribution in [-0.4, -0.2) is 26.5 Å². The van der Waals surface area contributed by atoms with Gasteiger partial charge in [-0.2, -0.15) is 0 Å². The van der Waals surface area contributed by atoms with Crippen LogP contribution in [0.3, 0.4) is 0 Å². The summed E-state index contributed by atoms with van der Waals surface area (Å²) in [5.41, 5.74) is 4.07. The lowest BCUT2D eigenvalue weighted by Gasteiger charge is -2.13. The number of rotatable bonds is 4. The van der Waals surface area contributed by atoms with Crippen molar-refractivity contribution in [3.05, 3.63) is 60.8 Å². The maximum absolute atomic E-state index is 12.3. The molecule has 0 fully saturated rings. The number of benzene rings is 2. The normalized spacial score (nSPS) is 12.6. The Morgan fingerprint density at radius 3 is 2.48 bits per heavy atom. The molecule has 0 aliphatic rings. The van der Waals surface area contributed by atoms with Crippen LogP contribution in [0.1, 0.15) is 19.9 Å². The van der Waals surface area contributed by atoms with Gasteiger partial charge in [-0.15, -0.1) is 0 Å². The minimum Gasteiger partial charge on any atom is -0.464 e. The Morgan fingerprint density at radius 2 is 1.76 bits per heavy atom. The zero-order valence-corrected chi connectivity index (χ0v) is 14.2. The molecule has 0 saturated heterocycles. The first-order chi connectivity index (χ1) is 12.2. The third-order valence-corrected chi connectivity index (χ3v) is 4.43. The van der Waals surface area contributed by atoms with E-state index >= 15 is 0 Å². The highest BCUT2D eigenvalue weighted by molar-refractivity contribution is 5.87. The van der Waals surface area contributed by atoms with Crippen LogP contribution in [0.25, 0.3) is 28.1 Å². The molecule has 0 saturated carbocycles. The summed E-state index contributed by atoms with van der Waals surface area (Å²) in [6.45, 7) is 4.03. The van der Waals surface area contributed by atoms with Crippen molar-refractivity contribution in [2.45, 2.75) is 19.9 Å². The van der Waals surface area contributed by atoms with E-state index in [9.17, 15) is 4.79 Å². The first kappa shape index (κ1) is 15.4. The van der Waals surface area contributed by atoms with Crippen LogP contribution in [-0.2, 0) is 9.53 Å². The van der Waals surface area contributed by atoms with Gasteiger partial charge in [0.2, 0.25) is 5.78 Å². The van der Waals surface area contributed by atoms with Crippen LogP contribution < -0.4 is 0 Å². The molecule has 5 nitrogen and oxygen atoms in total. The van der Waals surface area contributed by atoms with Crippen molar-refractivity contribution in [2.75, 3.05) is 6.61 Å². The number of aromatic nitrogens is 3. The molecule has 0 bridgehead atoms. The second-order valence-electron chi connectivity index (χ2n) is 5.93. The van der Waals surface area contributed by atoms with Gasteiger partial charge in [-0.25, -0.2) is 9.78 Å². The Bertz CT molecular complexity index is 1050. The van der Waals surface area contributed by atoms with Gasteiger partial charge < -0.3 is 4.74 Å². The minimum absolute atomic E-state index is 0.255. The standard InChI is InChI=1S/C20H19N3O2/c1-3-25-19(24)14(2)22-16-11-7-8-12-17(16)23-18(13-21-20(22)23)15-9-5-4-6-10-15/h4-14H,3H2,1-2H3. The quantitative estimate of drug-likeness (QED) is 0.529. The van der Waals surface area contributed by atoms with Crippen LogP contribution in [0.4, 0.5) is 0 Å². The van der Waals surface area contributed by atoms with Crippen molar-refractivity contribution >= 4 is 22.8 Å². The number of carbonyl (C=O) groups is 1. The third kappa shape index (κ3) is 2.39. The number of ether oxygens (including phenoxy) is 1. The topological polar surface area (TPSA) is 48.5 Å². The van der Waals surface area contributed by atoms with Crippen LogP contribution in [0.5, 0.6) is 0 Å². The Labute approximate surface area is 145 Å². The molecule has 0 radical (unpaired) electrons. The SMILES string of the molecule is CCOC(=O)C(C)n1c2ccccc2n2c(-c3ccccc3)cnc12. The van der Waals surface area contributed by atoms with Crippen LogP contribution in [0, 0.1) is 0 Å². The summed E-state index contributed by atoms with van der Waals surface area (Å²) in [5.74, 6) is 0.482. The summed E-state index contributed by atoms with van der Waals surface area (Å²) in [7, 11) is 0. The molecule has 25 heavy (non-hydrogen) atoms. The van der Waals surface area contributed by atoms with Gasteiger partial charge in [0.25, 0.3) is 0 Å². The van der Waals surface area contributed by atoms with Gasteiger partial charge in [-0.05, 0) is 26.0 Å². The third-order valence-electron chi connectivity index (χ3n) is 4.43. The summed E-state index contributed by atoms with van der Waals surface area (Å²) in [6, 6.07) is 17.7. The predicted molar refractivity (Wildman–Crippen MR) is 97.5 cm³/mol. The molecule has 0 aliphatic carbocycles. The number of carbonyl (C=O) groups excluding carboxylic acids is 1. The lowest BCUT2D eigenvalue weighted by atomic mass is 10.2. The molecule has 2 heterocycles. The zero-order chi connectivity index (χ0) is 17.4. The van der Waals surface area contributed by atoms with E-state index in [0.717, 1.165) is 28.1 Å². The van der Waals surface area contributed by atoms with Crippen molar-refractivity contribution in [1.29, 1.82) is 0 Å². The molecule has 1 atom stereocenters. The van der Waals surface area contributed by atoms with E-state index < -0.39 is 6.04 Å². The van der Waals surface area contributed by atoms with Gasteiger partial charge in [-0.3, -0.25) is 8.97 Å². The molecule has 4 rings (SSSR count). The van der Waals surface area contributed by atoms with E-state index in [2.05, 4.69) is 21.5 Å². The minimum atomic E-state index is -0.451. The molecule has 0 amide bonds. The van der Waals surface area contributed by atoms with Crippen molar-refractivity contribution in [1.82, 2.24) is 14.0 Å². The van der Waals surface area contributed by atoms with Crippen molar-refractivity contribution in [3.8, 4) is 11.3 Å². The van der Waals surface area contributed by atoms with E-state index in [1.54, 1.807) is 0 Å². The predicted octanol–water partition coefficient (Wildman–Crippen LogP) is 4.08. The van der Waals surface area contributed by atoms with Crippen LogP contribution in [0.2, 0.25) is 0 Å². The average molecular weight is 333 g/mol. The smallest absolute Gasteiger partial charge is 0.328 e. The van der Waals surface area contributed by atoms with Crippen molar-refractivity contribution in [3.63, 3.8) is 0 Å². The number of nitrogens with zero attached hydrogens (tertiary/aromatic N) is 3. The first-order valence-electron chi connectivity index (χ1n) is 8.40. The lowest BCUT2D eigenvalue weighted by Crippen LogP contribution is -2.19. The number of imidazole rings is 2.